The number of aliphatic hydroxyl groups is 1. The molecule has 0 bridgehead atoms. The van der Waals surface area contributed by atoms with Crippen molar-refractivity contribution in [2.24, 2.45) is 11.8 Å². The summed E-state index contributed by atoms with van der Waals surface area (Å²) in [5.74, 6) is 1.19. The summed E-state index contributed by atoms with van der Waals surface area (Å²) in [6, 6.07) is 3.77. The number of rotatable bonds is 8. The fraction of sp³-hybridized carbons (Fsp3) is 0.704. The average molecular weight is 417 g/mol. The van der Waals surface area contributed by atoms with Gasteiger partial charge in [-0.15, -0.1) is 0 Å². The molecule has 0 saturated heterocycles. The van der Waals surface area contributed by atoms with Crippen molar-refractivity contribution in [3.05, 3.63) is 34.9 Å². The highest BCUT2D eigenvalue weighted by atomic mass is 16.3. The van der Waals surface area contributed by atoms with Crippen LogP contribution >= 0.6 is 0 Å². The predicted molar refractivity (Wildman–Crippen MR) is 126 cm³/mol. The molecule has 3 N–H and O–H groups in total. The van der Waals surface area contributed by atoms with Crippen molar-refractivity contribution in [3.8, 4) is 11.5 Å². The first kappa shape index (κ1) is 24.8. The molecule has 170 valence electrons. The molecule has 0 heterocycles. The molecule has 0 spiro atoms. The minimum absolute atomic E-state index is 0.0502. The SMILES string of the molecule is CCCCCCC(C)(C)c1cc(O)c([C@@H]2C/C=C(/C)C(O)CCC2C(C)C)c(O)c1. The van der Waals surface area contributed by atoms with Gasteiger partial charge in [-0.1, -0.05) is 66.4 Å². The molecule has 0 aromatic heterocycles. The lowest BCUT2D eigenvalue weighted by Gasteiger charge is -2.34. The summed E-state index contributed by atoms with van der Waals surface area (Å²) >= 11 is 0. The first-order chi connectivity index (χ1) is 14.1. The van der Waals surface area contributed by atoms with Crippen LogP contribution in [0.1, 0.15) is 110 Å². The van der Waals surface area contributed by atoms with E-state index in [0.29, 0.717) is 17.4 Å². The van der Waals surface area contributed by atoms with E-state index in [1.807, 2.05) is 19.1 Å². The normalized spacial score (nSPS) is 24.9. The number of benzene rings is 1. The molecular formula is C27H44O3. The Balaban J connectivity index is 2.36. The van der Waals surface area contributed by atoms with Gasteiger partial charge >= 0.3 is 0 Å². The highest BCUT2D eigenvalue weighted by molar-refractivity contribution is 5.51. The van der Waals surface area contributed by atoms with Gasteiger partial charge in [0.2, 0.25) is 0 Å². The van der Waals surface area contributed by atoms with Gasteiger partial charge in [-0.05, 0) is 79.0 Å². The Morgan fingerprint density at radius 1 is 1.03 bits per heavy atom. The first-order valence-corrected chi connectivity index (χ1v) is 12.0. The van der Waals surface area contributed by atoms with Crippen molar-refractivity contribution < 1.29 is 15.3 Å². The maximum Gasteiger partial charge on any atom is 0.123 e. The van der Waals surface area contributed by atoms with Gasteiger partial charge in [0.25, 0.3) is 0 Å². The third-order valence-electron chi connectivity index (χ3n) is 7.31. The zero-order chi connectivity index (χ0) is 22.5. The highest BCUT2D eigenvalue weighted by Gasteiger charge is 2.33. The van der Waals surface area contributed by atoms with Crippen molar-refractivity contribution in [2.75, 3.05) is 0 Å². The largest absolute Gasteiger partial charge is 0.508 e. The van der Waals surface area contributed by atoms with Crippen molar-refractivity contribution in [1.82, 2.24) is 0 Å². The number of unbranched alkanes of at least 4 members (excludes halogenated alkanes) is 3. The number of aromatic hydroxyl groups is 2. The molecule has 2 unspecified atom stereocenters. The fourth-order valence-electron chi connectivity index (χ4n) is 5.06. The Morgan fingerprint density at radius 2 is 1.67 bits per heavy atom. The summed E-state index contributed by atoms with van der Waals surface area (Å²) in [6.07, 6.45) is 9.96. The van der Waals surface area contributed by atoms with Crippen LogP contribution in [0.5, 0.6) is 11.5 Å². The van der Waals surface area contributed by atoms with E-state index in [9.17, 15) is 15.3 Å². The van der Waals surface area contributed by atoms with Gasteiger partial charge in [-0.3, -0.25) is 0 Å². The Hall–Kier alpha value is -1.48. The van der Waals surface area contributed by atoms with E-state index in [0.717, 1.165) is 43.2 Å². The smallest absolute Gasteiger partial charge is 0.123 e. The topological polar surface area (TPSA) is 60.7 Å². The van der Waals surface area contributed by atoms with Gasteiger partial charge in [-0.25, -0.2) is 0 Å². The fourth-order valence-corrected chi connectivity index (χ4v) is 5.06. The van der Waals surface area contributed by atoms with Gasteiger partial charge in [0, 0.05) is 5.56 Å². The van der Waals surface area contributed by atoms with Gasteiger partial charge in [0.05, 0.1) is 6.10 Å². The summed E-state index contributed by atoms with van der Waals surface area (Å²) in [7, 11) is 0. The second-order valence-corrected chi connectivity index (χ2v) is 10.4. The molecule has 0 saturated carbocycles. The minimum atomic E-state index is -0.384. The van der Waals surface area contributed by atoms with Crippen LogP contribution < -0.4 is 0 Å². The van der Waals surface area contributed by atoms with E-state index < -0.39 is 0 Å². The molecule has 0 amide bonds. The van der Waals surface area contributed by atoms with Gasteiger partial charge in [-0.2, -0.15) is 0 Å². The van der Waals surface area contributed by atoms with E-state index in [2.05, 4.69) is 40.7 Å². The molecule has 3 nitrogen and oxygen atoms in total. The molecule has 3 heteroatoms. The quantitative estimate of drug-likeness (QED) is 0.310. The summed E-state index contributed by atoms with van der Waals surface area (Å²) < 4.78 is 0. The Labute approximate surface area is 184 Å². The lowest BCUT2D eigenvalue weighted by molar-refractivity contribution is 0.166. The summed E-state index contributed by atoms with van der Waals surface area (Å²) in [4.78, 5) is 0. The van der Waals surface area contributed by atoms with E-state index in [4.69, 9.17) is 0 Å². The third kappa shape index (κ3) is 6.03. The molecule has 0 radical (unpaired) electrons. The van der Waals surface area contributed by atoms with Crippen molar-refractivity contribution in [1.29, 1.82) is 0 Å². The number of aliphatic hydroxyl groups excluding tert-OH is 1. The van der Waals surface area contributed by atoms with Crippen LogP contribution in [-0.2, 0) is 5.41 Å². The predicted octanol–water partition coefficient (Wildman–Crippen LogP) is 7.19. The third-order valence-corrected chi connectivity index (χ3v) is 7.31. The van der Waals surface area contributed by atoms with Gasteiger partial charge in [0.15, 0.2) is 0 Å². The van der Waals surface area contributed by atoms with E-state index in [-0.39, 0.29) is 28.9 Å². The molecular weight excluding hydrogens is 372 g/mol. The lowest BCUT2D eigenvalue weighted by Crippen LogP contribution is -2.24. The maximum atomic E-state index is 11.0. The van der Waals surface area contributed by atoms with Crippen LogP contribution in [0, 0.1) is 11.8 Å². The molecule has 1 aliphatic carbocycles. The van der Waals surface area contributed by atoms with Crippen molar-refractivity contribution in [3.63, 3.8) is 0 Å². The molecule has 3 atom stereocenters. The first-order valence-electron chi connectivity index (χ1n) is 12.0. The lowest BCUT2D eigenvalue weighted by atomic mass is 9.71. The number of allylic oxidation sites excluding steroid dienone is 1. The van der Waals surface area contributed by atoms with E-state index in [1.54, 1.807) is 0 Å². The van der Waals surface area contributed by atoms with Crippen LogP contribution in [0.25, 0.3) is 0 Å². The summed E-state index contributed by atoms with van der Waals surface area (Å²) in [5.41, 5.74) is 2.60. The maximum absolute atomic E-state index is 11.0. The molecule has 0 fully saturated rings. The highest BCUT2D eigenvalue weighted by Crippen LogP contribution is 2.47. The molecule has 2 rings (SSSR count). The van der Waals surface area contributed by atoms with Crippen molar-refractivity contribution >= 4 is 0 Å². The zero-order valence-electron chi connectivity index (χ0n) is 20.0. The molecule has 1 aromatic carbocycles. The Bertz CT molecular complexity index is 694. The Morgan fingerprint density at radius 3 is 2.23 bits per heavy atom. The second-order valence-electron chi connectivity index (χ2n) is 10.4. The zero-order valence-corrected chi connectivity index (χ0v) is 20.0. The van der Waals surface area contributed by atoms with E-state index >= 15 is 0 Å². The van der Waals surface area contributed by atoms with Crippen LogP contribution in [0.15, 0.2) is 23.8 Å². The molecule has 30 heavy (non-hydrogen) atoms. The summed E-state index contributed by atoms with van der Waals surface area (Å²) in [6.45, 7) is 13.0. The molecule has 0 aliphatic heterocycles. The number of hydrogen-bond donors (Lipinski definition) is 3. The summed E-state index contributed by atoms with van der Waals surface area (Å²) in [5, 5.41) is 32.4. The van der Waals surface area contributed by atoms with Crippen LogP contribution in [0.4, 0.5) is 0 Å². The number of phenols is 2. The van der Waals surface area contributed by atoms with Gasteiger partial charge in [0.1, 0.15) is 11.5 Å². The second kappa shape index (κ2) is 10.7. The minimum Gasteiger partial charge on any atom is -0.508 e. The van der Waals surface area contributed by atoms with Crippen molar-refractivity contribution in [2.45, 2.75) is 110 Å². The Kier molecular flexibility index (Phi) is 8.85. The van der Waals surface area contributed by atoms with Gasteiger partial charge < -0.3 is 15.3 Å². The molecule has 1 aromatic rings. The van der Waals surface area contributed by atoms with Crippen LogP contribution in [0.2, 0.25) is 0 Å². The van der Waals surface area contributed by atoms with Crippen LogP contribution in [0.3, 0.4) is 0 Å². The number of phenolic OH excluding ortho intramolecular Hbond substituents is 2. The average Bonchev–Trinajstić information content (AvgIpc) is 2.66. The van der Waals surface area contributed by atoms with Crippen LogP contribution in [-0.4, -0.2) is 21.4 Å². The standard InChI is InChI=1S/C27H44O3/c1-7-8-9-10-15-27(5,6)20-16-24(29)26(25(30)17-20)22-12-11-19(4)23(28)14-13-21(22)18(2)3/h11,16-18,21-23,28-30H,7-10,12-15H2,1-6H3/b19-11-/t21?,22-,23?/m1/s1. The molecule has 1 aliphatic rings. The number of hydrogen-bond acceptors (Lipinski definition) is 3. The monoisotopic (exact) mass is 416 g/mol. The van der Waals surface area contributed by atoms with E-state index in [1.165, 1.54) is 19.3 Å².